The van der Waals surface area contributed by atoms with Crippen LogP contribution in [0.15, 0.2) is 42.5 Å². The Labute approximate surface area is 112 Å². The van der Waals surface area contributed by atoms with Crippen molar-refractivity contribution < 1.29 is 9.13 Å². The molecule has 0 aliphatic heterocycles. The number of nitrogens with two attached hydrogens (primary N) is 1. The lowest BCUT2D eigenvalue weighted by molar-refractivity contribution is 0.387. The molecule has 0 radical (unpaired) electrons. The van der Waals surface area contributed by atoms with E-state index in [1.54, 1.807) is 6.07 Å². The monoisotopic (exact) mass is 260 g/mol. The molecule has 2 N–H and O–H groups in total. The van der Waals surface area contributed by atoms with Gasteiger partial charge in [-0.1, -0.05) is 30.3 Å². The van der Waals surface area contributed by atoms with Gasteiger partial charge in [-0.05, 0) is 5.56 Å². The molecule has 0 heterocycles. The molecule has 2 aromatic carbocycles. The lowest BCUT2D eigenvalue weighted by atomic mass is 10.2. The molecule has 4 heteroatoms. The van der Waals surface area contributed by atoms with Crippen molar-refractivity contribution in [3.8, 4) is 5.75 Å². The molecular formula is C15H17FN2O. The number of nitrogen functional groups attached to an aromatic ring is 1. The third kappa shape index (κ3) is 2.96. The average Bonchev–Trinajstić information content (AvgIpc) is 2.40. The first kappa shape index (κ1) is 13.2. The van der Waals surface area contributed by atoms with Crippen LogP contribution in [0.3, 0.4) is 0 Å². The van der Waals surface area contributed by atoms with Crippen molar-refractivity contribution in [2.24, 2.45) is 0 Å². The van der Waals surface area contributed by atoms with Crippen LogP contribution < -0.4 is 15.4 Å². The van der Waals surface area contributed by atoms with Crippen LogP contribution in [0.5, 0.6) is 5.75 Å². The number of ether oxygens (including phenoxy) is 1. The van der Waals surface area contributed by atoms with E-state index >= 15 is 0 Å². The fourth-order valence-electron chi connectivity index (χ4n) is 1.99. The van der Waals surface area contributed by atoms with E-state index in [1.165, 1.54) is 13.2 Å². The minimum absolute atomic E-state index is 0.198. The highest BCUT2D eigenvalue weighted by Crippen LogP contribution is 2.30. The molecule has 0 spiro atoms. The van der Waals surface area contributed by atoms with E-state index in [4.69, 9.17) is 10.5 Å². The number of nitrogens with zero attached hydrogens (tertiary/aromatic N) is 1. The standard InChI is InChI=1S/C15H17FN2O/c1-18(10-11-6-4-3-5-7-11)14-9-15(19-2)12(16)8-13(14)17/h3-9H,10,17H2,1-2H3. The summed E-state index contributed by atoms with van der Waals surface area (Å²) in [5.41, 5.74) is 8.17. The number of hydrogen-bond acceptors (Lipinski definition) is 3. The van der Waals surface area contributed by atoms with Gasteiger partial charge in [0.2, 0.25) is 0 Å². The summed E-state index contributed by atoms with van der Waals surface area (Å²) in [6, 6.07) is 12.9. The van der Waals surface area contributed by atoms with Crippen molar-refractivity contribution >= 4 is 11.4 Å². The lowest BCUT2D eigenvalue weighted by Crippen LogP contribution is -2.18. The molecule has 0 aliphatic rings. The molecule has 0 saturated carbocycles. The van der Waals surface area contributed by atoms with Crippen LogP contribution in [0, 0.1) is 5.82 Å². The summed E-state index contributed by atoms with van der Waals surface area (Å²) in [5.74, 6) is -0.249. The van der Waals surface area contributed by atoms with E-state index < -0.39 is 5.82 Å². The Morgan fingerprint density at radius 3 is 2.53 bits per heavy atom. The first-order valence-corrected chi connectivity index (χ1v) is 6.00. The highest BCUT2D eigenvalue weighted by molar-refractivity contribution is 5.69. The van der Waals surface area contributed by atoms with Gasteiger partial charge in [0.15, 0.2) is 11.6 Å². The second-order valence-corrected chi connectivity index (χ2v) is 4.39. The van der Waals surface area contributed by atoms with E-state index in [1.807, 2.05) is 42.3 Å². The van der Waals surface area contributed by atoms with Crippen molar-refractivity contribution in [1.29, 1.82) is 0 Å². The first-order valence-electron chi connectivity index (χ1n) is 6.00. The molecular weight excluding hydrogens is 243 g/mol. The fourth-order valence-corrected chi connectivity index (χ4v) is 1.99. The van der Waals surface area contributed by atoms with Crippen LogP contribution >= 0.6 is 0 Å². The molecule has 0 atom stereocenters. The van der Waals surface area contributed by atoms with Crippen molar-refractivity contribution in [2.45, 2.75) is 6.54 Å². The Bertz CT molecular complexity index is 558. The maximum atomic E-state index is 13.5. The largest absolute Gasteiger partial charge is 0.494 e. The molecule has 0 bridgehead atoms. The zero-order valence-corrected chi connectivity index (χ0v) is 11.1. The van der Waals surface area contributed by atoms with Crippen LogP contribution in [0.25, 0.3) is 0 Å². The van der Waals surface area contributed by atoms with Crippen LogP contribution in [-0.2, 0) is 6.54 Å². The quantitative estimate of drug-likeness (QED) is 0.859. The molecule has 0 fully saturated rings. The van der Waals surface area contributed by atoms with Gasteiger partial charge in [0.05, 0.1) is 18.5 Å². The number of anilines is 2. The predicted molar refractivity (Wildman–Crippen MR) is 75.9 cm³/mol. The summed E-state index contributed by atoms with van der Waals surface area (Å²) in [4.78, 5) is 1.96. The summed E-state index contributed by atoms with van der Waals surface area (Å²) in [6.07, 6.45) is 0. The van der Waals surface area contributed by atoms with E-state index in [0.29, 0.717) is 12.2 Å². The molecule has 0 saturated heterocycles. The summed E-state index contributed by atoms with van der Waals surface area (Å²) in [6.45, 7) is 0.694. The smallest absolute Gasteiger partial charge is 0.167 e. The zero-order valence-electron chi connectivity index (χ0n) is 11.1. The van der Waals surface area contributed by atoms with Gasteiger partial charge in [-0.15, -0.1) is 0 Å². The Kier molecular flexibility index (Phi) is 3.90. The molecule has 0 aliphatic carbocycles. The summed E-state index contributed by atoms with van der Waals surface area (Å²) in [7, 11) is 3.35. The maximum Gasteiger partial charge on any atom is 0.167 e. The van der Waals surface area contributed by atoms with Crippen LogP contribution in [0.1, 0.15) is 5.56 Å². The molecule has 0 unspecified atom stereocenters. The molecule has 100 valence electrons. The predicted octanol–water partition coefficient (Wildman–Crippen LogP) is 3.05. The normalized spacial score (nSPS) is 10.3. The van der Waals surface area contributed by atoms with Gasteiger partial charge in [-0.3, -0.25) is 0 Å². The van der Waals surface area contributed by atoms with Gasteiger partial charge < -0.3 is 15.4 Å². The third-order valence-corrected chi connectivity index (χ3v) is 2.97. The van der Waals surface area contributed by atoms with Crippen LogP contribution in [0.4, 0.5) is 15.8 Å². The minimum atomic E-state index is -0.447. The molecule has 3 nitrogen and oxygen atoms in total. The molecule has 2 aromatic rings. The Balaban J connectivity index is 2.26. The first-order chi connectivity index (χ1) is 9.11. The number of halogens is 1. The summed E-state index contributed by atoms with van der Waals surface area (Å²) in [5, 5.41) is 0. The highest BCUT2D eigenvalue weighted by Gasteiger charge is 2.12. The topological polar surface area (TPSA) is 38.5 Å². The Hall–Kier alpha value is -2.23. The van der Waals surface area contributed by atoms with Gasteiger partial charge >= 0.3 is 0 Å². The molecule has 0 aromatic heterocycles. The van der Waals surface area contributed by atoms with E-state index in [9.17, 15) is 4.39 Å². The van der Waals surface area contributed by atoms with Gasteiger partial charge in [-0.2, -0.15) is 0 Å². The van der Waals surface area contributed by atoms with Gasteiger partial charge in [0, 0.05) is 25.7 Å². The summed E-state index contributed by atoms with van der Waals surface area (Å²) >= 11 is 0. The number of methoxy groups -OCH3 is 1. The number of rotatable bonds is 4. The van der Waals surface area contributed by atoms with Crippen LogP contribution in [0.2, 0.25) is 0 Å². The second-order valence-electron chi connectivity index (χ2n) is 4.39. The van der Waals surface area contributed by atoms with Crippen molar-refractivity contribution in [3.05, 3.63) is 53.8 Å². The molecule has 2 rings (SSSR count). The Morgan fingerprint density at radius 2 is 1.89 bits per heavy atom. The van der Waals surface area contributed by atoms with Gasteiger partial charge in [-0.25, -0.2) is 4.39 Å². The van der Waals surface area contributed by atoms with E-state index in [-0.39, 0.29) is 5.75 Å². The van der Waals surface area contributed by atoms with Crippen molar-refractivity contribution in [3.63, 3.8) is 0 Å². The van der Waals surface area contributed by atoms with Gasteiger partial charge in [0.1, 0.15) is 0 Å². The SMILES string of the molecule is COc1cc(N(C)Cc2ccccc2)c(N)cc1F. The average molecular weight is 260 g/mol. The minimum Gasteiger partial charge on any atom is -0.494 e. The number of benzene rings is 2. The second kappa shape index (κ2) is 5.61. The van der Waals surface area contributed by atoms with Crippen LogP contribution in [-0.4, -0.2) is 14.2 Å². The van der Waals surface area contributed by atoms with Gasteiger partial charge in [0.25, 0.3) is 0 Å². The molecule has 19 heavy (non-hydrogen) atoms. The highest BCUT2D eigenvalue weighted by atomic mass is 19.1. The molecule has 0 amide bonds. The van der Waals surface area contributed by atoms with Crippen molar-refractivity contribution in [1.82, 2.24) is 0 Å². The maximum absolute atomic E-state index is 13.5. The summed E-state index contributed by atoms with van der Waals surface area (Å²) < 4.78 is 18.5. The zero-order chi connectivity index (χ0) is 13.8. The van der Waals surface area contributed by atoms with E-state index in [2.05, 4.69) is 0 Å². The third-order valence-electron chi connectivity index (χ3n) is 2.97. The lowest BCUT2D eigenvalue weighted by Gasteiger charge is -2.22. The fraction of sp³-hybridized carbons (Fsp3) is 0.200. The van der Waals surface area contributed by atoms with E-state index in [0.717, 1.165) is 11.3 Å². The van der Waals surface area contributed by atoms with Crippen molar-refractivity contribution in [2.75, 3.05) is 24.8 Å². The Morgan fingerprint density at radius 1 is 1.21 bits per heavy atom. The number of hydrogen-bond donors (Lipinski definition) is 1.